The van der Waals surface area contributed by atoms with Crippen LogP contribution >= 0.6 is 11.6 Å². The molecule has 0 aliphatic heterocycles. The molecule has 0 atom stereocenters. The number of ether oxygens (including phenoxy) is 1. The van der Waals surface area contributed by atoms with E-state index in [2.05, 4.69) is 35.1 Å². The molecule has 2 aromatic carbocycles. The quantitative estimate of drug-likeness (QED) is 0.557. The van der Waals surface area contributed by atoms with Crippen molar-refractivity contribution in [2.45, 2.75) is 38.2 Å². The molecule has 1 aliphatic rings. The maximum absolute atomic E-state index is 12.2. The molecule has 0 heterocycles. The van der Waals surface area contributed by atoms with E-state index in [1.807, 2.05) is 0 Å². The predicted octanol–water partition coefficient (Wildman–Crippen LogP) is 6.98. The first-order valence-electron chi connectivity index (χ1n) is 8.58. The van der Waals surface area contributed by atoms with Crippen molar-refractivity contribution in [3.8, 4) is 16.9 Å². The molecule has 1 aliphatic carbocycles. The lowest BCUT2D eigenvalue weighted by Gasteiger charge is -2.27. The zero-order valence-corrected chi connectivity index (χ0v) is 14.6. The summed E-state index contributed by atoms with van der Waals surface area (Å²) in [5.41, 5.74) is 5.07. The summed E-state index contributed by atoms with van der Waals surface area (Å²) < 4.78 is 28.8. The first-order chi connectivity index (χ1) is 12.2. The highest BCUT2D eigenvalue weighted by atomic mass is 35.5. The van der Waals surface area contributed by atoms with Crippen molar-refractivity contribution in [2.75, 3.05) is 0 Å². The van der Waals surface area contributed by atoms with Crippen LogP contribution in [0.3, 0.4) is 0 Å². The fourth-order valence-electron chi connectivity index (χ4n) is 3.52. The minimum atomic E-state index is -2.79. The second-order valence-corrected chi connectivity index (χ2v) is 6.71. The van der Waals surface area contributed by atoms with Crippen LogP contribution in [0.4, 0.5) is 8.78 Å². The van der Waals surface area contributed by atoms with Crippen LogP contribution in [-0.2, 0) is 0 Å². The number of allylic oxidation sites excluding steroid dienone is 1. The van der Waals surface area contributed by atoms with Crippen molar-refractivity contribution < 1.29 is 13.5 Å². The van der Waals surface area contributed by atoms with E-state index in [4.69, 9.17) is 11.6 Å². The molecule has 2 aromatic rings. The number of hydrogen-bond acceptors (Lipinski definition) is 1. The fourth-order valence-corrected chi connectivity index (χ4v) is 3.73. The van der Waals surface area contributed by atoms with Crippen LogP contribution < -0.4 is 4.74 Å². The average molecular weight is 363 g/mol. The van der Waals surface area contributed by atoms with Gasteiger partial charge in [-0.1, -0.05) is 54.1 Å². The van der Waals surface area contributed by atoms with E-state index in [1.54, 1.807) is 29.8 Å². The molecule has 1 saturated carbocycles. The lowest BCUT2D eigenvalue weighted by Crippen LogP contribution is -2.11. The number of halogens is 3. The highest BCUT2D eigenvalue weighted by Gasteiger charge is 2.20. The van der Waals surface area contributed by atoms with Crippen LogP contribution in [0.25, 0.3) is 11.1 Å². The maximum atomic E-state index is 12.2. The molecule has 0 unspecified atom stereocenters. The number of benzene rings is 2. The van der Waals surface area contributed by atoms with Gasteiger partial charge in [-0.15, -0.1) is 0 Å². The minimum Gasteiger partial charge on any atom is -0.435 e. The van der Waals surface area contributed by atoms with E-state index in [0.29, 0.717) is 11.8 Å². The zero-order valence-electron chi connectivity index (χ0n) is 13.9. The molecule has 132 valence electrons. The normalized spacial score (nSPS) is 21.0. The summed E-state index contributed by atoms with van der Waals surface area (Å²) in [4.78, 5) is 0. The van der Waals surface area contributed by atoms with Crippen molar-refractivity contribution in [1.82, 2.24) is 0 Å². The Morgan fingerprint density at radius 3 is 1.96 bits per heavy atom. The smallest absolute Gasteiger partial charge is 0.387 e. The topological polar surface area (TPSA) is 9.23 Å². The maximum Gasteiger partial charge on any atom is 0.387 e. The summed E-state index contributed by atoms with van der Waals surface area (Å²) in [6, 6.07) is 15.3. The molecule has 0 aromatic heterocycles. The number of rotatable bonds is 5. The zero-order chi connectivity index (χ0) is 17.6. The van der Waals surface area contributed by atoms with Crippen LogP contribution in [-0.4, -0.2) is 6.61 Å². The third-order valence-corrected chi connectivity index (χ3v) is 5.06. The van der Waals surface area contributed by atoms with Crippen molar-refractivity contribution in [3.05, 3.63) is 65.7 Å². The highest BCUT2D eigenvalue weighted by molar-refractivity contribution is 6.25. The van der Waals surface area contributed by atoms with Crippen molar-refractivity contribution in [3.63, 3.8) is 0 Å². The highest BCUT2D eigenvalue weighted by Crippen LogP contribution is 2.37. The molecule has 4 heteroatoms. The summed E-state index contributed by atoms with van der Waals surface area (Å²) in [5.74, 6) is 1.40. The second kappa shape index (κ2) is 8.48. The van der Waals surface area contributed by atoms with Crippen molar-refractivity contribution in [2.24, 2.45) is 5.92 Å². The van der Waals surface area contributed by atoms with Crippen molar-refractivity contribution in [1.29, 1.82) is 0 Å². The first-order valence-corrected chi connectivity index (χ1v) is 9.01. The summed E-state index contributed by atoms with van der Waals surface area (Å²) in [5, 5.41) is 0. The Kier molecular flexibility index (Phi) is 6.09. The van der Waals surface area contributed by atoms with E-state index in [1.165, 1.54) is 31.2 Å². The Balaban J connectivity index is 1.64. The molecule has 0 radical (unpaired) electrons. The van der Waals surface area contributed by atoms with E-state index in [9.17, 15) is 8.78 Å². The molecule has 0 saturated heterocycles. The standard InChI is InChI=1S/C21H21ClF2O/c22-14-13-15-1-3-16(4-2-15)17-5-7-18(8-6-17)19-9-11-20(12-10-19)25-21(23)24/h5-16,21H,1-4H2/b14-13+. The molecule has 25 heavy (non-hydrogen) atoms. The first kappa shape index (κ1) is 17.9. The molecule has 0 bridgehead atoms. The molecule has 3 rings (SSSR count). The number of hydrogen-bond donors (Lipinski definition) is 0. The van der Waals surface area contributed by atoms with E-state index in [0.717, 1.165) is 11.1 Å². The third kappa shape index (κ3) is 4.82. The van der Waals surface area contributed by atoms with Crippen LogP contribution in [0.2, 0.25) is 0 Å². The van der Waals surface area contributed by atoms with Gasteiger partial charge in [-0.2, -0.15) is 8.78 Å². The van der Waals surface area contributed by atoms with Gasteiger partial charge in [0.05, 0.1) is 0 Å². The summed E-state index contributed by atoms with van der Waals surface area (Å²) >= 11 is 5.67. The Labute approximate surface area is 152 Å². The lowest BCUT2D eigenvalue weighted by atomic mass is 9.78. The summed E-state index contributed by atoms with van der Waals surface area (Å²) in [6.45, 7) is -2.79. The summed E-state index contributed by atoms with van der Waals surface area (Å²) in [6.07, 6.45) is 6.83. The van der Waals surface area contributed by atoms with Gasteiger partial charge in [0.15, 0.2) is 0 Å². The van der Waals surface area contributed by atoms with Gasteiger partial charge in [0.25, 0.3) is 0 Å². The number of alkyl halides is 2. The van der Waals surface area contributed by atoms with Crippen LogP contribution in [0, 0.1) is 5.92 Å². The Hall–Kier alpha value is -1.87. The molecule has 0 spiro atoms. The van der Waals surface area contributed by atoms with Gasteiger partial charge in [0.1, 0.15) is 5.75 Å². The largest absolute Gasteiger partial charge is 0.435 e. The van der Waals surface area contributed by atoms with Gasteiger partial charge < -0.3 is 4.74 Å². The van der Waals surface area contributed by atoms with Gasteiger partial charge >= 0.3 is 6.61 Å². The average Bonchev–Trinajstić information content (AvgIpc) is 2.63. The Morgan fingerprint density at radius 2 is 1.44 bits per heavy atom. The molecule has 0 N–H and O–H groups in total. The van der Waals surface area contributed by atoms with Gasteiger partial charge in [0, 0.05) is 5.54 Å². The molecule has 0 amide bonds. The van der Waals surface area contributed by atoms with E-state index < -0.39 is 6.61 Å². The third-order valence-electron chi connectivity index (χ3n) is 4.91. The van der Waals surface area contributed by atoms with Gasteiger partial charge in [0.2, 0.25) is 0 Å². The van der Waals surface area contributed by atoms with Crippen LogP contribution in [0.15, 0.2) is 60.1 Å². The SMILES string of the molecule is FC(F)Oc1ccc(-c2ccc(C3CCC(/C=C/Cl)CC3)cc2)cc1. The molecule has 1 fully saturated rings. The van der Waals surface area contributed by atoms with Crippen molar-refractivity contribution >= 4 is 11.6 Å². The second-order valence-electron chi connectivity index (χ2n) is 6.46. The van der Waals surface area contributed by atoms with Crippen LogP contribution in [0.1, 0.15) is 37.2 Å². The monoisotopic (exact) mass is 362 g/mol. The van der Waals surface area contributed by atoms with Gasteiger partial charge in [-0.25, -0.2) is 0 Å². The van der Waals surface area contributed by atoms with E-state index >= 15 is 0 Å². The Bertz CT molecular complexity index is 687. The summed E-state index contributed by atoms with van der Waals surface area (Å²) in [7, 11) is 0. The van der Waals surface area contributed by atoms with Gasteiger partial charge in [-0.3, -0.25) is 0 Å². The predicted molar refractivity (Wildman–Crippen MR) is 98.2 cm³/mol. The molecule has 1 nitrogen and oxygen atoms in total. The van der Waals surface area contributed by atoms with E-state index in [-0.39, 0.29) is 5.75 Å². The lowest BCUT2D eigenvalue weighted by molar-refractivity contribution is -0.0498. The van der Waals surface area contributed by atoms with Gasteiger partial charge in [-0.05, 0) is 66.3 Å². The molecular weight excluding hydrogens is 342 g/mol. The van der Waals surface area contributed by atoms with Crippen LogP contribution in [0.5, 0.6) is 5.75 Å². The fraction of sp³-hybridized carbons (Fsp3) is 0.333. The minimum absolute atomic E-state index is 0.179. The molecular formula is C21H21ClF2O. The Morgan fingerprint density at radius 1 is 0.880 bits per heavy atom.